The average Bonchev–Trinajstić information content (AvgIpc) is 3.10. The van der Waals surface area contributed by atoms with Crippen molar-refractivity contribution >= 4 is 5.91 Å². The van der Waals surface area contributed by atoms with Gasteiger partial charge in [-0.3, -0.25) is 9.69 Å². The summed E-state index contributed by atoms with van der Waals surface area (Å²) in [5, 5.41) is 2.60. The molecule has 0 unspecified atom stereocenters. The third kappa shape index (κ3) is 4.34. The van der Waals surface area contributed by atoms with E-state index in [-0.39, 0.29) is 11.7 Å². The number of hydrogen-bond acceptors (Lipinski definition) is 4. The highest BCUT2D eigenvalue weighted by molar-refractivity contribution is 5.93. The predicted octanol–water partition coefficient (Wildman–Crippen LogP) is 3.47. The van der Waals surface area contributed by atoms with Crippen molar-refractivity contribution in [1.29, 1.82) is 0 Å². The van der Waals surface area contributed by atoms with Crippen LogP contribution in [0, 0.1) is 5.82 Å². The van der Waals surface area contributed by atoms with Gasteiger partial charge in [-0.2, -0.15) is 0 Å². The van der Waals surface area contributed by atoms with Gasteiger partial charge in [0.25, 0.3) is 5.91 Å². The molecular formula is C20H20FN3O2. The van der Waals surface area contributed by atoms with Crippen LogP contribution in [0.5, 0.6) is 0 Å². The number of benzene rings is 2. The molecule has 134 valence electrons. The van der Waals surface area contributed by atoms with Crippen molar-refractivity contribution in [3.8, 4) is 11.5 Å². The van der Waals surface area contributed by atoms with Gasteiger partial charge >= 0.3 is 0 Å². The quantitative estimate of drug-likeness (QED) is 0.737. The Balaban J connectivity index is 1.62. The Bertz CT molecular complexity index is 890. The summed E-state index contributed by atoms with van der Waals surface area (Å²) in [6.45, 7) is 1.30. The van der Waals surface area contributed by atoms with E-state index in [0.29, 0.717) is 30.1 Å². The Kier molecular flexibility index (Phi) is 5.43. The number of carbonyl (C=O) groups is 1. The van der Waals surface area contributed by atoms with Gasteiger partial charge in [-0.05, 0) is 42.9 Å². The lowest BCUT2D eigenvalue weighted by Gasteiger charge is -2.15. The van der Waals surface area contributed by atoms with Crippen LogP contribution in [0.4, 0.5) is 4.39 Å². The summed E-state index contributed by atoms with van der Waals surface area (Å²) in [5.74, 6) is -0.0141. The van der Waals surface area contributed by atoms with E-state index in [2.05, 4.69) is 15.2 Å². The highest BCUT2D eigenvalue weighted by Crippen LogP contribution is 2.20. The molecule has 1 heterocycles. The molecule has 1 N–H and O–H groups in total. The molecule has 0 aliphatic rings. The first-order valence-electron chi connectivity index (χ1n) is 8.25. The summed E-state index contributed by atoms with van der Waals surface area (Å²) in [6.07, 6.45) is 1.59. The van der Waals surface area contributed by atoms with E-state index in [1.807, 2.05) is 19.2 Å². The van der Waals surface area contributed by atoms with Crippen molar-refractivity contribution in [2.45, 2.75) is 13.1 Å². The summed E-state index contributed by atoms with van der Waals surface area (Å²) in [6, 6.07) is 13.6. The third-order valence-electron chi connectivity index (χ3n) is 3.95. The van der Waals surface area contributed by atoms with Crippen LogP contribution < -0.4 is 5.32 Å². The molecule has 0 radical (unpaired) electrons. The Labute approximate surface area is 151 Å². The fourth-order valence-corrected chi connectivity index (χ4v) is 2.68. The van der Waals surface area contributed by atoms with Crippen LogP contribution in [0.25, 0.3) is 11.5 Å². The van der Waals surface area contributed by atoms with Gasteiger partial charge in [0, 0.05) is 31.3 Å². The minimum atomic E-state index is -0.320. The zero-order valence-corrected chi connectivity index (χ0v) is 14.7. The first-order valence-corrected chi connectivity index (χ1v) is 8.25. The summed E-state index contributed by atoms with van der Waals surface area (Å²) in [5.41, 5.74) is 3.11. The molecule has 2 aromatic carbocycles. The first kappa shape index (κ1) is 17.8. The smallest absolute Gasteiger partial charge is 0.251 e. The van der Waals surface area contributed by atoms with Crippen molar-refractivity contribution in [3.05, 3.63) is 77.4 Å². The third-order valence-corrected chi connectivity index (χ3v) is 3.95. The van der Waals surface area contributed by atoms with Gasteiger partial charge in [0.15, 0.2) is 0 Å². The molecular weight excluding hydrogens is 333 g/mol. The second-order valence-electron chi connectivity index (χ2n) is 6.10. The predicted molar refractivity (Wildman–Crippen MR) is 96.9 cm³/mol. The van der Waals surface area contributed by atoms with Crippen LogP contribution in [-0.4, -0.2) is 29.9 Å². The van der Waals surface area contributed by atoms with E-state index >= 15 is 0 Å². The fourth-order valence-electron chi connectivity index (χ4n) is 2.68. The zero-order valence-electron chi connectivity index (χ0n) is 14.7. The average molecular weight is 353 g/mol. The molecule has 0 bridgehead atoms. The number of halogens is 1. The normalized spacial score (nSPS) is 10.9. The van der Waals surface area contributed by atoms with Crippen LogP contribution in [0.3, 0.4) is 0 Å². The molecule has 1 amide bonds. The van der Waals surface area contributed by atoms with Gasteiger partial charge in [-0.25, -0.2) is 9.37 Å². The molecule has 3 aromatic rings. The maximum Gasteiger partial charge on any atom is 0.251 e. The van der Waals surface area contributed by atoms with Crippen LogP contribution in [0.1, 0.15) is 21.6 Å². The van der Waals surface area contributed by atoms with Crippen molar-refractivity contribution in [2.24, 2.45) is 0 Å². The Morgan fingerprint density at radius 3 is 2.65 bits per heavy atom. The number of aromatic nitrogens is 1. The minimum absolute atomic E-state index is 0.0996. The molecule has 0 aliphatic carbocycles. The maximum absolute atomic E-state index is 13.3. The first-order chi connectivity index (χ1) is 12.5. The van der Waals surface area contributed by atoms with Gasteiger partial charge in [-0.1, -0.05) is 18.2 Å². The molecule has 0 fully saturated rings. The minimum Gasteiger partial charge on any atom is -0.444 e. The summed E-state index contributed by atoms with van der Waals surface area (Å²) < 4.78 is 18.8. The number of amides is 1. The fraction of sp³-hybridized carbons (Fsp3) is 0.200. The van der Waals surface area contributed by atoms with E-state index in [1.54, 1.807) is 37.6 Å². The second kappa shape index (κ2) is 7.93. The topological polar surface area (TPSA) is 58.4 Å². The Morgan fingerprint density at radius 1 is 1.19 bits per heavy atom. The maximum atomic E-state index is 13.3. The highest BCUT2D eigenvalue weighted by atomic mass is 19.1. The van der Waals surface area contributed by atoms with Gasteiger partial charge in [-0.15, -0.1) is 0 Å². The van der Waals surface area contributed by atoms with Crippen molar-refractivity contribution in [1.82, 2.24) is 15.2 Å². The molecule has 0 spiro atoms. The van der Waals surface area contributed by atoms with Crippen LogP contribution >= 0.6 is 0 Å². The van der Waals surface area contributed by atoms with Crippen molar-refractivity contribution in [3.63, 3.8) is 0 Å². The molecule has 5 nitrogen and oxygen atoms in total. The molecule has 26 heavy (non-hydrogen) atoms. The highest BCUT2D eigenvalue weighted by Gasteiger charge is 2.10. The Morgan fingerprint density at radius 2 is 1.96 bits per heavy atom. The van der Waals surface area contributed by atoms with Crippen LogP contribution in [-0.2, 0) is 13.1 Å². The molecule has 0 saturated carbocycles. The van der Waals surface area contributed by atoms with E-state index in [9.17, 15) is 9.18 Å². The molecule has 3 rings (SSSR count). The SMILES string of the molecule is CNC(=O)c1ccc(CN(C)Cc2coc(-c3cccc(F)c3)n2)cc1. The molecule has 0 aliphatic heterocycles. The largest absolute Gasteiger partial charge is 0.444 e. The number of hydrogen-bond donors (Lipinski definition) is 1. The van der Waals surface area contributed by atoms with E-state index in [0.717, 1.165) is 11.3 Å². The number of carbonyl (C=O) groups excluding carboxylic acids is 1. The summed E-state index contributed by atoms with van der Waals surface area (Å²) in [7, 11) is 3.59. The van der Waals surface area contributed by atoms with Gasteiger partial charge in [0.2, 0.25) is 5.89 Å². The lowest BCUT2D eigenvalue weighted by Crippen LogP contribution is -2.19. The zero-order chi connectivity index (χ0) is 18.5. The molecule has 0 atom stereocenters. The number of nitrogens with zero attached hydrogens (tertiary/aromatic N) is 2. The number of nitrogens with one attached hydrogen (secondary N) is 1. The number of rotatable bonds is 6. The van der Waals surface area contributed by atoms with Crippen LogP contribution in [0.15, 0.2) is 59.2 Å². The van der Waals surface area contributed by atoms with Crippen molar-refractivity contribution in [2.75, 3.05) is 14.1 Å². The van der Waals surface area contributed by atoms with Gasteiger partial charge < -0.3 is 9.73 Å². The monoisotopic (exact) mass is 353 g/mol. The molecule has 1 aromatic heterocycles. The van der Waals surface area contributed by atoms with Gasteiger partial charge in [0.05, 0.1) is 5.69 Å². The van der Waals surface area contributed by atoms with Crippen LogP contribution in [0.2, 0.25) is 0 Å². The van der Waals surface area contributed by atoms with Crippen molar-refractivity contribution < 1.29 is 13.6 Å². The van der Waals surface area contributed by atoms with E-state index in [1.165, 1.54) is 12.1 Å². The standard InChI is InChI=1S/C20H20FN3O2/c1-22-19(25)15-8-6-14(7-9-15)11-24(2)12-18-13-26-20(23-18)16-4-3-5-17(21)10-16/h3-10,13H,11-12H2,1-2H3,(H,22,25). The Hall–Kier alpha value is -2.99. The lowest BCUT2D eigenvalue weighted by atomic mass is 10.1. The van der Waals surface area contributed by atoms with E-state index in [4.69, 9.17) is 4.42 Å². The summed E-state index contributed by atoms with van der Waals surface area (Å²) in [4.78, 5) is 18.1. The van der Waals surface area contributed by atoms with E-state index < -0.39 is 0 Å². The van der Waals surface area contributed by atoms with Gasteiger partial charge in [0.1, 0.15) is 12.1 Å². The lowest BCUT2D eigenvalue weighted by molar-refractivity contribution is 0.0963. The summed E-state index contributed by atoms with van der Waals surface area (Å²) >= 11 is 0. The molecule has 0 saturated heterocycles. The molecule has 6 heteroatoms. The number of oxazole rings is 1. The second-order valence-corrected chi connectivity index (χ2v) is 6.10.